The molecule has 0 amide bonds. The van der Waals surface area contributed by atoms with Crippen LogP contribution in [0.15, 0.2) is 30.3 Å². The Bertz CT molecular complexity index is 825. The molecular weight excluding hydrogens is 306 g/mol. The van der Waals surface area contributed by atoms with E-state index in [1.807, 2.05) is 30.3 Å². The summed E-state index contributed by atoms with van der Waals surface area (Å²) in [6.45, 7) is 0. The predicted molar refractivity (Wildman–Crippen MR) is 89.2 cm³/mol. The topological polar surface area (TPSA) is 60.7 Å². The first-order valence-corrected chi connectivity index (χ1v) is 7.52. The van der Waals surface area contributed by atoms with Gasteiger partial charge in [0.1, 0.15) is 5.41 Å². The van der Waals surface area contributed by atoms with Gasteiger partial charge in [-0.1, -0.05) is 6.07 Å². The van der Waals surface area contributed by atoms with Crippen molar-refractivity contribution in [2.45, 2.75) is 11.8 Å². The molecular formula is C19H19NO4. The summed E-state index contributed by atoms with van der Waals surface area (Å²) in [6, 6.07) is 11.9. The van der Waals surface area contributed by atoms with E-state index in [2.05, 4.69) is 6.07 Å². The van der Waals surface area contributed by atoms with Crippen LogP contribution >= 0.6 is 0 Å². The lowest BCUT2D eigenvalue weighted by molar-refractivity contribution is 0.350. The van der Waals surface area contributed by atoms with Gasteiger partial charge in [0.05, 0.1) is 34.5 Å². The second-order valence-electron chi connectivity index (χ2n) is 5.63. The van der Waals surface area contributed by atoms with Crippen molar-refractivity contribution in [3.8, 4) is 29.1 Å². The van der Waals surface area contributed by atoms with Crippen LogP contribution in [0.1, 0.15) is 16.7 Å². The normalized spacial score (nSPS) is 18.0. The van der Waals surface area contributed by atoms with Crippen molar-refractivity contribution in [3.05, 3.63) is 47.0 Å². The van der Waals surface area contributed by atoms with Crippen LogP contribution in [-0.2, 0) is 11.8 Å². The van der Waals surface area contributed by atoms with Crippen LogP contribution in [0.2, 0.25) is 0 Å². The second-order valence-corrected chi connectivity index (χ2v) is 5.63. The monoisotopic (exact) mass is 325 g/mol. The fourth-order valence-corrected chi connectivity index (χ4v) is 3.26. The van der Waals surface area contributed by atoms with Crippen molar-refractivity contribution in [2.75, 3.05) is 28.4 Å². The van der Waals surface area contributed by atoms with E-state index in [4.69, 9.17) is 18.9 Å². The van der Waals surface area contributed by atoms with E-state index < -0.39 is 5.41 Å². The Labute approximate surface area is 141 Å². The van der Waals surface area contributed by atoms with Crippen LogP contribution in [0.3, 0.4) is 0 Å². The van der Waals surface area contributed by atoms with Crippen molar-refractivity contribution in [1.29, 1.82) is 5.26 Å². The highest BCUT2D eigenvalue weighted by atomic mass is 16.5. The largest absolute Gasteiger partial charge is 0.493 e. The van der Waals surface area contributed by atoms with Gasteiger partial charge in [-0.15, -0.1) is 0 Å². The molecule has 0 radical (unpaired) electrons. The maximum absolute atomic E-state index is 9.92. The van der Waals surface area contributed by atoms with Crippen molar-refractivity contribution < 1.29 is 18.9 Å². The molecule has 0 saturated carbocycles. The highest BCUT2D eigenvalue weighted by Crippen LogP contribution is 2.50. The van der Waals surface area contributed by atoms with E-state index >= 15 is 0 Å². The zero-order valence-corrected chi connectivity index (χ0v) is 14.2. The summed E-state index contributed by atoms with van der Waals surface area (Å²) in [5.74, 6) is 2.55. The SMILES string of the molecule is COc1ccc(C2(C#N)Cc3cc(OC)c(OC)cc32)cc1OC. The average Bonchev–Trinajstić information content (AvgIpc) is 2.62. The molecule has 0 aliphatic heterocycles. The van der Waals surface area contributed by atoms with Gasteiger partial charge in [-0.3, -0.25) is 0 Å². The molecule has 124 valence electrons. The Hall–Kier alpha value is -2.87. The summed E-state index contributed by atoms with van der Waals surface area (Å²) in [6.07, 6.45) is 0.620. The third kappa shape index (κ3) is 2.15. The van der Waals surface area contributed by atoms with Gasteiger partial charge in [0.2, 0.25) is 0 Å². The smallest absolute Gasteiger partial charge is 0.161 e. The first-order chi connectivity index (χ1) is 11.6. The number of rotatable bonds is 5. The van der Waals surface area contributed by atoms with Crippen LogP contribution in [-0.4, -0.2) is 28.4 Å². The molecule has 5 heteroatoms. The number of hydrogen-bond donors (Lipinski definition) is 0. The summed E-state index contributed by atoms with van der Waals surface area (Å²) in [5, 5.41) is 9.92. The van der Waals surface area contributed by atoms with Crippen LogP contribution < -0.4 is 18.9 Å². The molecule has 0 bridgehead atoms. The molecule has 0 fully saturated rings. The molecule has 24 heavy (non-hydrogen) atoms. The van der Waals surface area contributed by atoms with Gasteiger partial charge in [0.25, 0.3) is 0 Å². The lowest BCUT2D eigenvalue weighted by Crippen LogP contribution is -2.38. The minimum Gasteiger partial charge on any atom is -0.493 e. The van der Waals surface area contributed by atoms with Crippen molar-refractivity contribution in [1.82, 2.24) is 0 Å². The Morgan fingerprint density at radius 1 is 0.833 bits per heavy atom. The predicted octanol–water partition coefficient (Wildman–Crippen LogP) is 3.09. The van der Waals surface area contributed by atoms with Crippen LogP contribution in [0.5, 0.6) is 23.0 Å². The zero-order chi connectivity index (χ0) is 17.3. The first kappa shape index (κ1) is 16.0. The molecule has 0 N–H and O–H groups in total. The summed E-state index contributed by atoms with van der Waals surface area (Å²) >= 11 is 0. The van der Waals surface area contributed by atoms with Crippen molar-refractivity contribution >= 4 is 0 Å². The molecule has 1 aliphatic carbocycles. The molecule has 0 spiro atoms. The summed E-state index contributed by atoms with van der Waals surface area (Å²) in [5.41, 5.74) is 2.19. The van der Waals surface area contributed by atoms with Gasteiger partial charge in [-0.05, 0) is 47.4 Å². The van der Waals surface area contributed by atoms with Gasteiger partial charge < -0.3 is 18.9 Å². The van der Waals surface area contributed by atoms with Crippen molar-refractivity contribution in [3.63, 3.8) is 0 Å². The quantitative estimate of drug-likeness (QED) is 0.845. The highest BCUT2D eigenvalue weighted by molar-refractivity contribution is 5.64. The summed E-state index contributed by atoms with van der Waals surface area (Å²) in [7, 11) is 6.37. The Morgan fingerprint density at radius 2 is 1.42 bits per heavy atom. The molecule has 0 saturated heterocycles. The molecule has 1 unspecified atom stereocenters. The Balaban J connectivity index is 2.12. The number of benzene rings is 2. The summed E-state index contributed by atoms with van der Waals surface area (Å²) < 4.78 is 21.4. The standard InChI is InChI=1S/C19H19NO4/c1-21-15-6-5-13(8-17(15)23-3)19(11-20)10-12-7-16(22-2)18(24-4)9-14(12)19/h5-9H,10H2,1-4H3. The van der Waals surface area contributed by atoms with E-state index in [0.717, 1.165) is 16.7 Å². The Morgan fingerprint density at radius 3 is 2.00 bits per heavy atom. The molecule has 1 aliphatic rings. The number of hydrogen-bond acceptors (Lipinski definition) is 5. The van der Waals surface area contributed by atoms with E-state index in [1.54, 1.807) is 28.4 Å². The maximum Gasteiger partial charge on any atom is 0.161 e. The van der Waals surface area contributed by atoms with Crippen LogP contribution in [0.25, 0.3) is 0 Å². The second kappa shape index (κ2) is 5.97. The first-order valence-electron chi connectivity index (χ1n) is 7.52. The summed E-state index contributed by atoms with van der Waals surface area (Å²) in [4.78, 5) is 0. The molecule has 1 atom stereocenters. The van der Waals surface area contributed by atoms with Gasteiger partial charge >= 0.3 is 0 Å². The van der Waals surface area contributed by atoms with Gasteiger partial charge in [-0.2, -0.15) is 5.26 Å². The van der Waals surface area contributed by atoms with E-state index in [0.29, 0.717) is 29.4 Å². The van der Waals surface area contributed by atoms with E-state index in [-0.39, 0.29) is 0 Å². The van der Waals surface area contributed by atoms with Crippen LogP contribution in [0, 0.1) is 11.3 Å². The molecule has 2 aromatic carbocycles. The van der Waals surface area contributed by atoms with Crippen LogP contribution in [0.4, 0.5) is 0 Å². The number of methoxy groups -OCH3 is 4. The number of ether oxygens (including phenoxy) is 4. The fourth-order valence-electron chi connectivity index (χ4n) is 3.26. The average molecular weight is 325 g/mol. The zero-order valence-electron chi connectivity index (χ0n) is 14.2. The minimum absolute atomic E-state index is 0.610. The van der Waals surface area contributed by atoms with Crippen molar-refractivity contribution in [2.24, 2.45) is 0 Å². The number of fused-ring (bicyclic) bond motifs is 1. The van der Waals surface area contributed by atoms with E-state index in [9.17, 15) is 5.26 Å². The molecule has 0 heterocycles. The lowest BCUT2D eigenvalue weighted by Gasteiger charge is -2.39. The molecule has 5 nitrogen and oxygen atoms in total. The number of nitriles is 1. The highest BCUT2D eigenvalue weighted by Gasteiger charge is 2.46. The van der Waals surface area contributed by atoms with E-state index in [1.165, 1.54) is 0 Å². The third-order valence-electron chi connectivity index (χ3n) is 4.59. The molecule has 0 aromatic heterocycles. The molecule has 3 rings (SSSR count). The lowest BCUT2D eigenvalue weighted by atomic mass is 9.61. The van der Waals surface area contributed by atoms with Gasteiger partial charge in [0, 0.05) is 0 Å². The maximum atomic E-state index is 9.92. The Kier molecular flexibility index (Phi) is 3.98. The minimum atomic E-state index is -0.714. The number of nitrogens with zero attached hydrogens (tertiary/aromatic N) is 1. The van der Waals surface area contributed by atoms with Gasteiger partial charge in [-0.25, -0.2) is 0 Å². The molecule has 2 aromatic rings. The third-order valence-corrected chi connectivity index (χ3v) is 4.59. The fraction of sp³-hybridized carbons (Fsp3) is 0.316. The van der Waals surface area contributed by atoms with Gasteiger partial charge in [0.15, 0.2) is 23.0 Å².